The lowest BCUT2D eigenvalue weighted by molar-refractivity contribution is 1.04. The van der Waals surface area contributed by atoms with E-state index in [-0.39, 0.29) is 11.3 Å². The number of hydrogen-bond acceptors (Lipinski definition) is 4. The summed E-state index contributed by atoms with van der Waals surface area (Å²) in [5.74, 6) is 0.491. The number of H-pyrrole nitrogens is 1. The van der Waals surface area contributed by atoms with Gasteiger partial charge in [0.2, 0.25) is 0 Å². The number of pyridine rings is 1. The molecule has 0 unspecified atom stereocenters. The molecule has 0 saturated heterocycles. The summed E-state index contributed by atoms with van der Waals surface area (Å²) >= 11 is 0. The van der Waals surface area contributed by atoms with E-state index >= 15 is 0 Å². The molecule has 1 N–H and O–H groups in total. The third-order valence-corrected chi connectivity index (χ3v) is 1.80. The smallest absolute Gasteiger partial charge is 0.260 e. The van der Waals surface area contributed by atoms with Gasteiger partial charge in [-0.1, -0.05) is 0 Å². The number of aryl methyl sites for hydroxylation is 1. The molecule has 0 spiro atoms. The Morgan fingerprint density at radius 1 is 1.43 bits per heavy atom. The van der Waals surface area contributed by atoms with E-state index < -0.39 is 0 Å². The van der Waals surface area contributed by atoms with E-state index in [4.69, 9.17) is 5.26 Å². The third-order valence-electron chi connectivity index (χ3n) is 1.80. The third kappa shape index (κ3) is 1.23. The van der Waals surface area contributed by atoms with E-state index in [0.29, 0.717) is 16.9 Å². The Balaban J connectivity index is 2.90. The van der Waals surface area contributed by atoms with E-state index in [2.05, 4.69) is 15.0 Å². The summed E-state index contributed by atoms with van der Waals surface area (Å²) < 4.78 is 0. The van der Waals surface area contributed by atoms with Crippen LogP contribution >= 0.6 is 0 Å². The number of nitrogens with zero attached hydrogens (tertiary/aromatic N) is 3. The van der Waals surface area contributed by atoms with Crippen molar-refractivity contribution in [1.82, 2.24) is 15.0 Å². The van der Waals surface area contributed by atoms with E-state index in [0.717, 1.165) is 0 Å². The topological polar surface area (TPSA) is 82.4 Å². The second kappa shape index (κ2) is 2.92. The zero-order valence-electron chi connectivity index (χ0n) is 7.40. The lowest BCUT2D eigenvalue weighted by Gasteiger charge is -1.96. The largest absolute Gasteiger partial charge is 0.310 e. The Kier molecular flexibility index (Phi) is 1.75. The van der Waals surface area contributed by atoms with Gasteiger partial charge in [0.1, 0.15) is 17.6 Å². The highest BCUT2D eigenvalue weighted by molar-refractivity contribution is 5.73. The van der Waals surface area contributed by atoms with Crippen LogP contribution in [0, 0.1) is 18.3 Å². The molecular formula is C9H6N4O. The van der Waals surface area contributed by atoms with Crippen molar-refractivity contribution >= 4 is 11.0 Å². The fraction of sp³-hybridized carbons (Fsp3) is 0.111. The number of nitriles is 1. The van der Waals surface area contributed by atoms with Gasteiger partial charge in [0.05, 0.1) is 5.39 Å². The second-order valence-electron chi connectivity index (χ2n) is 2.83. The molecule has 0 aliphatic heterocycles. The van der Waals surface area contributed by atoms with Crippen LogP contribution in [-0.4, -0.2) is 15.0 Å². The number of hydrogen-bond donors (Lipinski definition) is 1. The summed E-state index contributed by atoms with van der Waals surface area (Å²) in [5, 5.41) is 9.01. The minimum absolute atomic E-state index is 0.232. The van der Waals surface area contributed by atoms with Crippen LogP contribution in [0.1, 0.15) is 11.5 Å². The van der Waals surface area contributed by atoms with Crippen molar-refractivity contribution in [1.29, 1.82) is 5.26 Å². The summed E-state index contributed by atoms with van der Waals surface area (Å²) in [6, 6.07) is 4.94. The molecule has 0 bridgehead atoms. The van der Waals surface area contributed by atoms with Gasteiger partial charge < -0.3 is 4.98 Å². The second-order valence-corrected chi connectivity index (χ2v) is 2.83. The van der Waals surface area contributed by atoms with Crippen molar-refractivity contribution in [2.75, 3.05) is 0 Å². The standard InChI is InChI=1S/C9H6N4O/c1-5-11-8-7(9(14)12-5)3-2-6(4-10)13-8/h2-3H,1H3,(H,11,12,13,14). The molecule has 0 atom stereocenters. The maximum atomic E-state index is 11.4. The number of aromatic amines is 1. The summed E-state index contributed by atoms with van der Waals surface area (Å²) in [5.41, 5.74) is 0.338. The minimum atomic E-state index is -0.232. The first-order chi connectivity index (χ1) is 6.70. The van der Waals surface area contributed by atoms with Crippen LogP contribution in [0.15, 0.2) is 16.9 Å². The highest BCUT2D eigenvalue weighted by Crippen LogP contribution is 2.04. The normalized spacial score (nSPS) is 10.0. The van der Waals surface area contributed by atoms with Crippen molar-refractivity contribution in [3.05, 3.63) is 34.0 Å². The van der Waals surface area contributed by atoms with Gasteiger partial charge in [-0.2, -0.15) is 5.26 Å². The maximum absolute atomic E-state index is 11.4. The van der Waals surface area contributed by atoms with Gasteiger partial charge in [-0.25, -0.2) is 9.97 Å². The first-order valence-corrected chi connectivity index (χ1v) is 3.98. The van der Waals surface area contributed by atoms with E-state index in [1.165, 1.54) is 6.07 Å². The number of nitrogens with one attached hydrogen (secondary N) is 1. The van der Waals surface area contributed by atoms with Gasteiger partial charge in [0.25, 0.3) is 5.56 Å². The van der Waals surface area contributed by atoms with Crippen LogP contribution < -0.4 is 5.56 Å². The number of aromatic nitrogens is 3. The van der Waals surface area contributed by atoms with E-state index in [1.807, 2.05) is 6.07 Å². The SMILES string of the molecule is Cc1nc2nc(C#N)ccc2c(=O)[nH]1. The molecule has 2 aromatic heterocycles. The molecule has 0 aliphatic rings. The van der Waals surface area contributed by atoms with Crippen molar-refractivity contribution < 1.29 is 0 Å². The van der Waals surface area contributed by atoms with Crippen LogP contribution in [-0.2, 0) is 0 Å². The first-order valence-electron chi connectivity index (χ1n) is 3.98. The van der Waals surface area contributed by atoms with Gasteiger partial charge >= 0.3 is 0 Å². The average Bonchev–Trinajstić information content (AvgIpc) is 2.16. The van der Waals surface area contributed by atoms with Gasteiger partial charge in [-0.05, 0) is 19.1 Å². The van der Waals surface area contributed by atoms with Gasteiger partial charge in [0.15, 0.2) is 5.65 Å². The predicted octanol–water partition coefficient (Wildman–Crippen LogP) is 0.498. The quantitative estimate of drug-likeness (QED) is 0.649. The molecular weight excluding hydrogens is 180 g/mol. The van der Waals surface area contributed by atoms with Crippen molar-refractivity contribution in [2.24, 2.45) is 0 Å². The molecule has 5 nitrogen and oxygen atoms in total. The fourth-order valence-electron chi connectivity index (χ4n) is 1.19. The molecule has 68 valence electrons. The van der Waals surface area contributed by atoms with Gasteiger partial charge in [-0.15, -0.1) is 0 Å². The summed E-state index contributed by atoms with van der Waals surface area (Å²) in [6.45, 7) is 1.67. The summed E-state index contributed by atoms with van der Waals surface area (Å²) in [7, 11) is 0. The monoisotopic (exact) mass is 186 g/mol. The molecule has 5 heteroatoms. The van der Waals surface area contributed by atoms with Gasteiger partial charge in [-0.3, -0.25) is 4.79 Å². The first kappa shape index (κ1) is 8.38. The summed E-state index contributed by atoms with van der Waals surface area (Å²) in [4.78, 5) is 21.9. The van der Waals surface area contributed by atoms with Crippen molar-refractivity contribution in [2.45, 2.75) is 6.92 Å². The molecule has 0 radical (unpaired) electrons. The predicted molar refractivity (Wildman–Crippen MR) is 49.6 cm³/mol. The molecule has 14 heavy (non-hydrogen) atoms. The maximum Gasteiger partial charge on any atom is 0.260 e. The average molecular weight is 186 g/mol. The number of fused-ring (bicyclic) bond motifs is 1. The minimum Gasteiger partial charge on any atom is -0.310 e. The molecule has 2 aromatic rings. The van der Waals surface area contributed by atoms with Gasteiger partial charge in [0, 0.05) is 0 Å². The van der Waals surface area contributed by atoms with E-state index in [1.54, 1.807) is 13.0 Å². The molecule has 0 amide bonds. The zero-order chi connectivity index (χ0) is 10.1. The Bertz CT molecular complexity index is 594. The Hall–Kier alpha value is -2.22. The molecule has 0 saturated carbocycles. The highest BCUT2D eigenvalue weighted by Gasteiger charge is 2.03. The van der Waals surface area contributed by atoms with Crippen molar-refractivity contribution in [3.8, 4) is 6.07 Å². The highest BCUT2D eigenvalue weighted by atomic mass is 16.1. The van der Waals surface area contributed by atoms with Crippen LogP contribution in [0.3, 0.4) is 0 Å². The summed E-state index contributed by atoms with van der Waals surface area (Å²) in [6.07, 6.45) is 0. The number of rotatable bonds is 0. The molecule has 2 rings (SSSR count). The molecule has 0 fully saturated rings. The van der Waals surface area contributed by atoms with E-state index in [9.17, 15) is 4.79 Å². The molecule has 0 aromatic carbocycles. The van der Waals surface area contributed by atoms with Crippen LogP contribution in [0.25, 0.3) is 11.0 Å². The molecule has 2 heterocycles. The Morgan fingerprint density at radius 3 is 2.93 bits per heavy atom. The fourth-order valence-corrected chi connectivity index (χ4v) is 1.19. The van der Waals surface area contributed by atoms with Crippen molar-refractivity contribution in [3.63, 3.8) is 0 Å². The Labute approximate surface area is 79.1 Å². The zero-order valence-corrected chi connectivity index (χ0v) is 7.40. The Morgan fingerprint density at radius 2 is 2.21 bits per heavy atom. The van der Waals surface area contributed by atoms with Crippen LogP contribution in [0.2, 0.25) is 0 Å². The molecule has 0 aliphatic carbocycles. The lowest BCUT2D eigenvalue weighted by atomic mass is 10.3. The van der Waals surface area contributed by atoms with Crippen LogP contribution in [0.5, 0.6) is 0 Å². The van der Waals surface area contributed by atoms with Crippen LogP contribution in [0.4, 0.5) is 0 Å². The lowest BCUT2D eigenvalue weighted by Crippen LogP contribution is -2.10.